The number of benzene rings is 1. The van der Waals surface area contributed by atoms with Gasteiger partial charge in [0.05, 0.1) is 6.61 Å². The van der Waals surface area contributed by atoms with E-state index in [9.17, 15) is 4.79 Å². The van der Waals surface area contributed by atoms with Crippen LogP contribution in [-0.2, 0) is 7.05 Å². The summed E-state index contributed by atoms with van der Waals surface area (Å²) in [6, 6.07) is 8.10. The Morgan fingerprint density at radius 2 is 2.13 bits per heavy atom. The van der Waals surface area contributed by atoms with Crippen molar-refractivity contribution in [2.45, 2.75) is 19.8 Å². The summed E-state index contributed by atoms with van der Waals surface area (Å²) in [5, 5.41) is 0.960. The van der Waals surface area contributed by atoms with Gasteiger partial charge in [-0.25, -0.2) is 0 Å². The van der Waals surface area contributed by atoms with E-state index in [1.165, 1.54) is 12.8 Å². The molecule has 1 aliphatic carbocycles. The molecule has 2 aromatic heterocycles. The zero-order valence-electron chi connectivity index (χ0n) is 13.4. The molecule has 0 aliphatic heterocycles. The molecule has 118 valence electrons. The second kappa shape index (κ2) is 5.30. The molecule has 0 atom stereocenters. The summed E-state index contributed by atoms with van der Waals surface area (Å²) in [6.45, 7) is 2.87. The highest BCUT2D eigenvalue weighted by Gasteiger charge is 2.23. The van der Waals surface area contributed by atoms with Gasteiger partial charge in [0.2, 0.25) is 0 Å². The summed E-state index contributed by atoms with van der Waals surface area (Å²) >= 11 is 0. The Bertz CT molecular complexity index is 932. The minimum atomic E-state index is -0.0646. The number of aromatic nitrogens is 2. The van der Waals surface area contributed by atoms with Crippen molar-refractivity contribution in [3.63, 3.8) is 0 Å². The normalized spacial score (nSPS) is 14.3. The molecule has 4 heteroatoms. The van der Waals surface area contributed by atoms with E-state index in [0.29, 0.717) is 11.4 Å². The molecule has 0 amide bonds. The van der Waals surface area contributed by atoms with Gasteiger partial charge in [0.25, 0.3) is 5.56 Å². The number of pyridine rings is 1. The van der Waals surface area contributed by atoms with Crippen LogP contribution in [0.4, 0.5) is 0 Å². The molecule has 0 unspecified atom stereocenters. The largest absolute Gasteiger partial charge is 0.493 e. The zero-order chi connectivity index (χ0) is 16.0. The van der Waals surface area contributed by atoms with Crippen LogP contribution in [0.15, 0.2) is 41.5 Å². The molecule has 1 N–H and O–H groups in total. The Hall–Kier alpha value is -2.49. The van der Waals surface area contributed by atoms with Crippen LogP contribution in [0.1, 0.15) is 18.4 Å². The SMILES string of the molecule is Cc1cccc(OCC2CC2)c1-c1cn(C)c2c(=O)[nH]ccc12. The number of aromatic amines is 1. The third kappa shape index (κ3) is 2.44. The number of hydrogen-bond acceptors (Lipinski definition) is 2. The van der Waals surface area contributed by atoms with E-state index in [1.807, 2.05) is 36.0 Å². The first-order chi connectivity index (χ1) is 11.1. The molecule has 0 radical (unpaired) electrons. The lowest BCUT2D eigenvalue weighted by Gasteiger charge is -2.13. The predicted octanol–water partition coefficient (Wildman–Crippen LogP) is 3.63. The number of nitrogens with one attached hydrogen (secondary N) is 1. The van der Waals surface area contributed by atoms with Gasteiger partial charge in [-0.15, -0.1) is 0 Å². The number of nitrogens with zero attached hydrogens (tertiary/aromatic N) is 1. The van der Waals surface area contributed by atoms with E-state index < -0.39 is 0 Å². The highest BCUT2D eigenvalue weighted by atomic mass is 16.5. The monoisotopic (exact) mass is 308 g/mol. The van der Waals surface area contributed by atoms with Crippen molar-refractivity contribution in [1.29, 1.82) is 0 Å². The molecule has 1 aliphatic rings. The van der Waals surface area contributed by atoms with Crippen LogP contribution in [0.2, 0.25) is 0 Å². The van der Waals surface area contributed by atoms with E-state index >= 15 is 0 Å². The second-order valence-electron chi connectivity index (χ2n) is 6.43. The van der Waals surface area contributed by atoms with Gasteiger partial charge in [0, 0.05) is 36.0 Å². The highest BCUT2D eigenvalue weighted by Crippen LogP contribution is 2.39. The number of rotatable bonds is 4. The molecule has 1 saturated carbocycles. The maximum absolute atomic E-state index is 12.1. The van der Waals surface area contributed by atoms with Crippen molar-refractivity contribution in [3.05, 3.63) is 52.6 Å². The Morgan fingerprint density at radius 1 is 1.30 bits per heavy atom. The van der Waals surface area contributed by atoms with Crippen LogP contribution in [0.25, 0.3) is 22.0 Å². The van der Waals surface area contributed by atoms with Gasteiger partial charge >= 0.3 is 0 Å². The number of hydrogen-bond donors (Lipinski definition) is 1. The van der Waals surface area contributed by atoms with Gasteiger partial charge in [-0.1, -0.05) is 12.1 Å². The number of aryl methyl sites for hydroxylation is 2. The van der Waals surface area contributed by atoms with E-state index in [4.69, 9.17) is 4.74 Å². The summed E-state index contributed by atoms with van der Waals surface area (Å²) < 4.78 is 7.98. The van der Waals surface area contributed by atoms with Gasteiger partial charge in [-0.3, -0.25) is 4.79 Å². The van der Waals surface area contributed by atoms with E-state index in [1.54, 1.807) is 6.20 Å². The minimum Gasteiger partial charge on any atom is -0.493 e. The molecule has 0 saturated heterocycles. The minimum absolute atomic E-state index is 0.0646. The molecule has 2 heterocycles. The van der Waals surface area contributed by atoms with Crippen molar-refractivity contribution in [2.75, 3.05) is 6.61 Å². The van der Waals surface area contributed by atoms with Crippen LogP contribution < -0.4 is 10.3 Å². The van der Waals surface area contributed by atoms with Gasteiger partial charge in [-0.05, 0) is 43.4 Å². The third-order valence-electron chi connectivity index (χ3n) is 4.58. The Morgan fingerprint density at radius 3 is 2.91 bits per heavy atom. The van der Waals surface area contributed by atoms with Crippen molar-refractivity contribution < 1.29 is 4.74 Å². The molecule has 1 fully saturated rings. The average molecular weight is 308 g/mol. The standard InChI is InChI=1S/C19H20N2O2/c1-12-4-3-5-16(23-11-13-6-7-13)17(12)15-10-21(2)18-14(15)8-9-20-19(18)22/h3-5,8-10,13H,6-7,11H2,1-2H3,(H,20,22). The predicted molar refractivity (Wildman–Crippen MR) is 91.9 cm³/mol. The number of ether oxygens (including phenoxy) is 1. The number of fused-ring (bicyclic) bond motifs is 1. The summed E-state index contributed by atoms with van der Waals surface area (Å²) in [6.07, 6.45) is 6.26. The fraction of sp³-hybridized carbons (Fsp3) is 0.316. The van der Waals surface area contributed by atoms with E-state index in [2.05, 4.69) is 18.0 Å². The first-order valence-electron chi connectivity index (χ1n) is 8.04. The molecule has 4 nitrogen and oxygen atoms in total. The van der Waals surface area contributed by atoms with Crippen LogP contribution in [0.3, 0.4) is 0 Å². The summed E-state index contributed by atoms with van der Waals surface area (Å²) in [5.41, 5.74) is 3.93. The first-order valence-corrected chi connectivity index (χ1v) is 8.04. The molecule has 23 heavy (non-hydrogen) atoms. The topological polar surface area (TPSA) is 47.0 Å². The molecular formula is C19H20N2O2. The summed E-state index contributed by atoms with van der Waals surface area (Å²) in [5.74, 6) is 1.61. The zero-order valence-corrected chi connectivity index (χ0v) is 13.4. The Kier molecular flexibility index (Phi) is 3.26. The third-order valence-corrected chi connectivity index (χ3v) is 4.58. The van der Waals surface area contributed by atoms with Gasteiger partial charge in [-0.2, -0.15) is 0 Å². The maximum atomic E-state index is 12.1. The lowest BCUT2D eigenvalue weighted by molar-refractivity contribution is 0.301. The van der Waals surface area contributed by atoms with Gasteiger partial charge in [0.15, 0.2) is 0 Å². The maximum Gasteiger partial charge on any atom is 0.272 e. The van der Waals surface area contributed by atoms with Crippen LogP contribution in [0.5, 0.6) is 5.75 Å². The van der Waals surface area contributed by atoms with Crippen LogP contribution in [-0.4, -0.2) is 16.2 Å². The van der Waals surface area contributed by atoms with Crippen molar-refractivity contribution in [2.24, 2.45) is 13.0 Å². The molecule has 3 aromatic rings. The fourth-order valence-corrected chi connectivity index (χ4v) is 3.16. The Balaban J connectivity index is 1.90. The summed E-state index contributed by atoms with van der Waals surface area (Å²) in [4.78, 5) is 14.9. The van der Waals surface area contributed by atoms with Crippen molar-refractivity contribution >= 4 is 10.9 Å². The van der Waals surface area contributed by atoms with Gasteiger partial charge < -0.3 is 14.3 Å². The summed E-state index contributed by atoms with van der Waals surface area (Å²) in [7, 11) is 1.91. The molecule has 0 spiro atoms. The van der Waals surface area contributed by atoms with Crippen LogP contribution in [0, 0.1) is 12.8 Å². The first kappa shape index (κ1) is 14.1. The lowest BCUT2D eigenvalue weighted by atomic mass is 9.99. The van der Waals surface area contributed by atoms with Gasteiger partial charge in [0.1, 0.15) is 11.3 Å². The molecular weight excluding hydrogens is 288 g/mol. The number of H-pyrrole nitrogens is 1. The average Bonchev–Trinajstić information content (AvgIpc) is 3.29. The van der Waals surface area contributed by atoms with E-state index in [0.717, 1.165) is 34.4 Å². The van der Waals surface area contributed by atoms with Crippen LogP contribution >= 0.6 is 0 Å². The molecule has 4 rings (SSSR count). The molecule has 0 bridgehead atoms. The fourth-order valence-electron chi connectivity index (χ4n) is 3.16. The lowest BCUT2D eigenvalue weighted by Crippen LogP contribution is -2.07. The van der Waals surface area contributed by atoms with Crippen molar-refractivity contribution in [3.8, 4) is 16.9 Å². The smallest absolute Gasteiger partial charge is 0.272 e. The van der Waals surface area contributed by atoms with E-state index in [-0.39, 0.29) is 5.56 Å². The quantitative estimate of drug-likeness (QED) is 0.800. The Labute approximate surface area is 134 Å². The molecule has 1 aromatic carbocycles. The second-order valence-corrected chi connectivity index (χ2v) is 6.43. The highest BCUT2D eigenvalue weighted by molar-refractivity contribution is 5.97. The van der Waals surface area contributed by atoms with Crippen molar-refractivity contribution in [1.82, 2.24) is 9.55 Å².